The van der Waals surface area contributed by atoms with Gasteiger partial charge in [0.15, 0.2) is 0 Å². The zero-order valence-corrected chi connectivity index (χ0v) is 14.2. The molecule has 1 aliphatic rings. The number of halogens is 2. The summed E-state index contributed by atoms with van der Waals surface area (Å²) in [5, 5.41) is 12.6. The molecule has 0 radical (unpaired) electrons. The predicted octanol–water partition coefficient (Wildman–Crippen LogP) is 2.73. The third-order valence-electron chi connectivity index (χ3n) is 3.34. The Morgan fingerprint density at radius 3 is 2.89 bits per heavy atom. The predicted molar refractivity (Wildman–Crippen MR) is 87.2 cm³/mol. The van der Waals surface area contributed by atoms with Crippen molar-refractivity contribution in [1.29, 1.82) is 0 Å². The SMILES string of the molecule is Cl.OCCN(Cc1ccc(Br)s1)CC1CCCNC1. The first-order chi connectivity index (χ1) is 8.78. The molecule has 1 atom stereocenters. The van der Waals surface area contributed by atoms with E-state index in [1.54, 1.807) is 11.3 Å². The highest BCUT2D eigenvalue weighted by Crippen LogP contribution is 2.24. The molecular formula is C13H22BrClN2OS. The van der Waals surface area contributed by atoms with Crippen molar-refractivity contribution in [3.8, 4) is 0 Å². The van der Waals surface area contributed by atoms with E-state index in [2.05, 4.69) is 38.3 Å². The molecule has 0 aliphatic carbocycles. The fourth-order valence-electron chi connectivity index (χ4n) is 2.48. The van der Waals surface area contributed by atoms with Gasteiger partial charge >= 0.3 is 0 Å². The van der Waals surface area contributed by atoms with Crippen LogP contribution in [0.2, 0.25) is 0 Å². The molecule has 1 aliphatic heterocycles. The van der Waals surface area contributed by atoms with Gasteiger partial charge < -0.3 is 10.4 Å². The van der Waals surface area contributed by atoms with E-state index in [1.165, 1.54) is 21.5 Å². The number of nitrogens with zero attached hydrogens (tertiary/aromatic N) is 1. The van der Waals surface area contributed by atoms with Crippen LogP contribution >= 0.6 is 39.7 Å². The standard InChI is InChI=1S/C13H21BrN2OS.ClH/c14-13-4-3-12(18-13)10-16(6-7-17)9-11-2-1-5-15-8-11;/h3-4,11,15,17H,1-2,5-10H2;1H. The fourth-order valence-corrected chi connectivity index (χ4v) is 4.00. The summed E-state index contributed by atoms with van der Waals surface area (Å²) < 4.78 is 1.18. The molecule has 6 heteroatoms. The lowest BCUT2D eigenvalue weighted by Crippen LogP contribution is -2.39. The van der Waals surface area contributed by atoms with Crippen molar-refractivity contribution in [3.63, 3.8) is 0 Å². The van der Waals surface area contributed by atoms with Crippen molar-refractivity contribution in [2.45, 2.75) is 19.4 Å². The van der Waals surface area contributed by atoms with Crippen molar-refractivity contribution in [3.05, 3.63) is 20.8 Å². The highest BCUT2D eigenvalue weighted by molar-refractivity contribution is 9.11. The van der Waals surface area contributed by atoms with Gasteiger partial charge in [0.1, 0.15) is 0 Å². The van der Waals surface area contributed by atoms with Crippen LogP contribution in [0.5, 0.6) is 0 Å². The molecule has 0 amide bonds. The molecule has 1 aromatic rings. The average Bonchev–Trinajstić information content (AvgIpc) is 2.76. The maximum Gasteiger partial charge on any atom is 0.0701 e. The van der Waals surface area contributed by atoms with Crippen LogP contribution in [-0.4, -0.2) is 42.8 Å². The molecule has 2 heterocycles. The van der Waals surface area contributed by atoms with Gasteiger partial charge in [-0.2, -0.15) is 0 Å². The fraction of sp³-hybridized carbons (Fsp3) is 0.692. The van der Waals surface area contributed by atoms with Gasteiger partial charge in [-0.25, -0.2) is 0 Å². The van der Waals surface area contributed by atoms with Crippen molar-refractivity contribution in [2.75, 3.05) is 32.8 Å². The van der Waals surface area contributed by atoms with Gasteiger partial charge in [0, 0.05) is 24.5 Å². The minimum atomic E-state index is 0. The van der Waals surface area contributed by atoms with E-state index >= 15 is 0 Å². The smallest absolute Gasteiger partial charge is 0.0701 e. The molecule has 3 nitrogen and oxygen atoms in total. The van der Waals surface area contributed by atoms with Crippen LogP contribution in [-0.2, 0) is 6.54 Å². The first kappa shape index (κ1) is 17.4. The molecule has 1 fully saturated rings. The van der Waals surface area contributed by atoms with Crippen molar-refractivity contribution in [2.24, 2.45) is 5.92 Å². The summed E-state index contributed by atoms with van der Waals surface area (Å²) in [5.41, 5.74) is 0. The van der Waals surface area contributed by atoms with Gasteiger partial charge in [0.05, 0.1) is 10.4 Å². The Morgan fingerprint density at radius 1 is 1.47 bits per heavy atom. The van der Waals surface area contributed by atoms with Gasteiger partial charge in [-0.15, -0.1) is 23.7 Å². The average molecular weight is 370 g/mol. The first-order valence-electron chi connectivity index (χ1n) is 6.56. The van der Waals surface area contributed by atoms with Crippen LogP contribution in [0.1, 0.15) is 17.7 Å². The highest BCUT2D eigenvalue weighted by Gasteiger charge is 2.17. The van der Waals surface area contributed by atoms with Crippen LogP contribution < -0.4 is 5.32 Å². The number of aliphatic hydroxyl groups is 1. The minimum absolute atomic E-state index is 0. The molecule has 19 heavy (non-hydrogen) atoms. The molecule has 0 spiro atoms. The van der Waals surface area contributed by atoms with Crippen molar-refractivity contribution < 1.29 is 5.11 Å². The molecule has 110 valence electrons. The lowest BCUT2D eigenvalue weighted by molar-refractivity contribution is 0.160. The monoisotopic (exact) mass is 368 g/mol. The zero-order valence-electron chi connectivity index (χ0n) is 11.0. The van der Waals surface area contributed by atoms with Gasteiger partial charge in [0.25, 0.3) is 0 Å². The summed E-state index contributed by atoms with van der Waals surface area (Å²) in [6.45, 7) is 5.33. The number of thiophene rings is 1. The Labute approximate surface area is 133 Å². The van der Waals surface area contributed by atoms with Gasteiger partial charge in [-0.3, -0.25) is 4.90 Å². The number of nitrogens with one attached hydrogen (secondary N) is 1. The second-order valence-electron chi connectivity index (χ2n) is 4.88. The highest BCUT2D eigenvalue weighted by atomic mass is 79.9. The van der Waals surface area contributed by atoms with Crippen LogP contribution in [0.3, 0.4) is 0 Å². The van der Waals surface area contributed by atoms with Crippen LogP contribution in [0.25, 0.3) is 0 Å². The third kappa shape index (κ3) is 6.10. The van der Waals surface area contributed by atoms with E-state index < -0.39 is 0 Å². The summed E-state index contributed by atoms with van der Waals surface area (Å²) in [7, 11) is 0. The first-order valence-corrected chi connectivity index (χ1v) is 8.17. The van der Waals surface area contributed by atoms with E-state index in [4.69, 9.17) is 0 Å². The summed E-state index contributed by atoms with van der Waals surface area (Å²) in [4.78, 5) is 3.73. The Bertz CT molecular complexity index is 358. The minimum Gasteiger partial charge on any atom is -0.395 e. The number of rotatable bonds is 6. The lowest BCUT2D eigenvalue weighted by atomic mass is 9.99. The zero-order chi connectivity index (χ0) is 12.8. The molecule has 2 N–H and O–H groups in total. The number of aliphatic hydroxyl groups excluding tert-OH is 1. The van der Waals surface area contributed by atoms with E-state index in [9.17, 15) is 5.11 Å². The molecule has 0 aromatic carbocycles. The maximum atomic E-state index is 9.19. The van der Waals surface area contributed by atoms with E-state index in [0.29, 0.717) is 0 Å². The molecule has 1 saturated heterocycles. The Hall–Kier alpha value is 0.350. The summed E-state index contributed by atoms with van der Waals surface area (Å²) in [6, 6.07) is 4.26. The second kappa shape index (κ2) is 9.32. The Morgan fingerprint density at radius 2 is 2.32 bits per heavy atom. The molecule has 2 rings (SSSR count). The summed E-state index contributed by atoms with van der Waals surface area (Å²) in [5.74, 6) is 0.730. The van der Waals surface area contributed by atoms with Crippen LogP contribution in [0.15, 0.2) is 15.9 Å². The third-order valence-corrected chi connectivity index (χ3v) is 4.95. The van der Waals surface area contributed by atoms with Gasteiger partial charge in [-0.1, -0.05) is 0 Å². The number of hydrogen-bond donors (Lipinski definition) is 2. The summed E-state index contributed by atoms with van der Waals surface area (Å²) >= 11 is 5.28. The molecule has 0 saturated carbocycles. The number of hydrogen-bond acceptors (Lipinski definition) is 4. The molecule has 1 aromatic heterocycles. The van der Waals surface area contributed by atoms with Crippen LogP contribution in [0.4, 0.5) is 0 Å². The molecular weight excluding hydrogens is 348 g/mol. The normalized spacial score (nSPS) is 19.4. The molecule has 0 bridgehead atoms. The quantitative estimate of drug-likeness (QED) is 0.809. The topological polar surface area (TPSA) is 35.5 Å². The summed E-state index contributed by atoms with van der Waals surface area (Å²) in [6.07, 6.45) is 2.59. The van der Waals surface area contributed by atoms with E-state index in [1.807, 2.05) is 0 Å². The second-order valence-corrected chi connectivity index (χ2v) is 7.42. The molecule has 1 unspecified atom stereocenters. The van der Waals surface area contributed by atoms with E-state index in [0.717, 1.165) is 38.6 Å². The maximum absolute atomic E-state index is 9.19. The van der Waals surface area contributed by atoms with Gasteiger partial charge in [-0.05, 0) is 59.9 Å². The van der Waals surface area contributed by atoms with E-state index in [-0.39, 0.29) is 19.0 Å². The number of piperidine rings is 1. The largest absolute Gasteiger partial charge is 0.395 e. The Kier molecular flexibility index (Phi) is 8.53. The van der Waals surface area contributed by atoms with Gasteiger partial charge in [0.2, 0.25) is 0 Å². The lowest BCUT2D eigenvalue weighted by Gasteiger charge is -2.29. The van der Waals surface area contributed by atoms with Crippen LogP contribution in [0, 0.1) is 5.92 Å². The Balaban J connectivity index is 0.00000180. The van der Waals surface area contributed by atoms with Crippen molar-refractivity contribution >= 4 is 39.7 Å². The van der Waals surface area contributed by atoms with Crippen molar-refractivity contribution in [1.82, 2.24) is 10.2 Å².